The monoisotopic (exact) mass is 233 g/mol. The first-order valence-corrected chi connectivity index (χ1v) is 6.77. The van der Waals surface area contributed by atoms with Gasteiger partial charge in [-0.15, -0.1) is 0 Å². The zero-order chi connectivity index (χ0) is 12.1. The molecule has 1 aliphatic rings. The fourth-order valence-corrected chi connectivity index (χ4v) is 2.32. The highest BCUT2D eigenvalue weighted by Crippen LogP contribution is 2.21. The predicted octanol–water partition coefficient (Wildman–Crippen LogP) is 3.08. The van der Waals surface area contributed by atoms with Crippen LogP contribution >= 0.6 is 0 Å². The smallest absolute Gasteiger partial charge is 0.0949 e. The number of hydrogen-bond donors (Lipinski definition) is 1. The number of nitrogens with one attached hydrogen (secondary N) is 1. The zero-order valence-electron chi connectivity index (χ0n) is 10.9. The van der Waals surface area contributed by atoms with Gasteiger partial charge in [-0.2, -0.15) is 0 Å². The Balaban J connectivity index is 2.01. The minimum atomic E-state index is 0.220. The van der Waals surface area contributed by atoms with Gasteiger partial charge in [0.25, 0.3) is 0 Å². The highest BCUT2D eigenvalue weighted by Gasteiger charge is 2.18. The molecule has 94 valence electrons. The molecule has 1 saturated heterocycles. The molecular weight excluding hydrogens is 210 g/mol. The van der Waals surface area contributed by atoms with Gasteiger partial charge in [0.15, 0.2) is 0 Å². The Hall–Kier alpha value is -0.860. The number of rotatable bonds is 3. The Morgan fingerprint density at radius 3 is 2.65 bits per heavy atom. The summed E-state index contributed by atoms with van der Waals surface area (Å²) in [6, 6.07) is 9.45. The zero-order valence-corrected chi connectivity index (χ0v) is 10.9. The van der Waals surface area contributed by atoms with E-state index in [2.05, 4.69) is 43.4 Å². The molecule has 2 rings (SSSR count). The maximum atomic E-state index is 5.93. The third-order valence-electron chi connectivity index (χ3n) is 3.63. The van der Waals surface area contributed by atoms with Crippen LogP contribution in [0.1, 0.15) is 43.9 Å². The van der Waals surface area contributed by atoms with E-state index in [9.17, 15) is 0 Å². The fourth-order valence-electron chi connectivity index (χ4n) is 2.32. The van der Waals surface area contributed by atoms with E-state index in [1.54, 1.807) is 0 Å². The van der Waals surface area contributed by atoms with E-state index in [1.807, 2.05) is 0 Å². The van der Waals surface area contributed by atoms with Gasteiger partial charge in [-0.05, 0) is 30.4 Å². The van der Waals surface area contributed by atoms with Crippen molar-refractivity contribution in [3.63, 3.8) is 0 Å². The first kappa shape index (κ1) is 12.6. The molecule has 1 aromatic rings. The van der Waals surface area contributed by atoms with Crippen LogP contribution in [-0.2, 0) is 11.2 Å². The summed E-state index contributed by atoms with van der Waals surface area (Å²) >= 11 is 0. The standard InChI is InChI=1S/C15H23NO/c1-3-12-5-7-13(8-6-12)15-11-16-14(4-2)9-10-17-15/h5-8,14-16H,3-4,9-11H2,1-2H3. The highest BCUT2D eigenvalue weighted by molar-refractivity contribution is 5.24. The maximum absolute atomic E-state index is 5.93. The summed E-state index contributed by atoms with van der Waals surface area (Å²) in [4.78, 5) is 0. The van der Waals surface area contributed by atoms with Gasteiger partial charge in [-0.1, -0.05) is 38.1 Å². The van der Waals surface area contributed by atoms with Gasteiger partial charge >= 0.3 is 0 Å². The van der Waals surface area contributed by atoms with Gasteiger partial charge < -0.3 is 10.1 Å². The molecule has 1 aliphatic heterocycles. The summed E-state index contributed by atoms with van der Waals surface area (Å²) in [7, 11) is 0. The molecule has 0 spiro atoms. The molecule has 0 radical (unpaired) electrons. The summed E-state index contributed by atoms with van der Waals surface area (Å²) in [6.45, 7) is 6.22. The Morgan fingerprint density at radius 1 is 1.24 bits per heavy atom. The third kappa shape index (κ3) is 3.30. The molecule has 2 heteroatoms. The Bertz CT molecular complexity index is 333. The average molecular weight is 233 g/mol. The van der Waals surface area contributed by atoms with Gasteiger partial charge in [-0.3, -0.25) is 0 Å². The van der Waals surface area contributed by atoms with Crippen LogP contribution in [0.3, 0.4) is 0 Å². The quantitative estimate of drug-likeness (QED) is 0.866. The summed E-state index contributed by atoms with van der Waals surface area (Å²) in [6.07, 6.45) is 3.63. The van der Waals surface area contributed by atoms with Crippen LogP contribution < -0.4 is 5.32 Å². The van der Waals surface area contributed by atoms with Crippen molar-refractivity contribution in [2.24, 2.45) is 0 Å². The fraction of sp³-hybridized carbons (Fsp3) is 0.600. The second kappa shape index (κ2) is 6.18. The van der Waals surface area contributed by atoms with Crippen LogP contribution in [0, 0.1) is 0 Å². The van der Waals surface area contributed by atoms with E-state index in [4.69, 9.17) is 4.74 Å². The molecule has 1 heterocycles. The predicted molar refractivity (Wildman–Crippen MR) is 71.2 cm³/mol. The van der Waals surface area contributed by atoms with Gasteiger partial charge in [0.05, 0.1) is 6.10 Å². The average Bonchev–Trinajstić information content (AvgIpc) is 2.64. The lowest BCUT2D eigenvalue weighted by atomic mass is 10.1. The van der Waals surface area contributed by atoms with Crippen LogP contribution in [0.5, 0.6) is 0 Å². The molecule has 0 bridgehead atoms. The molecule has 2 atom stereocenters. The molecule has 0 aliphatic carbocycles. The maximum Gasteiger partial charge on any atom is 0.0949 e. The van der Waals surface area contributed by atoms with Crippen molar-refractivity contribution >= 4 is 0 Å². The summed E-state index contributed by atoms with van der Waals surface area (Å²) in [5.74, 6) is 0. The van der Waals surface area contributed by atoms with Crippen molar-refractivity contribution in [2.45, 2.75) is 45.3 Å². The molecule has 1 fully saturated rings. The number of ether oxygens (including phenoxy) is 1. The topological polar surface area (TPSA) is 21.3 Å². The molecule has 2 unspecified atom stereocenters. The van der Waals surface area contributed by atoms with Gasteiger partial charge in [0.2, 0.25) is 0 Å². The Kier molecular flexibility index (Phi) is 4.57. The summed E-state index contributed by atoms with van der Waals surface area (Å²) in [5.41, 5.74) is 2.69. The van der Waals surface area contributed by atoms with Gasteiger partial charge in [0, 0.05) is 19.2 Å². The van der Waals surface area contributed by atoms with E-state index < -0.39 is 0 Å². The second-order valence-electron chi connectivity index (χ2n) is 4.76. The summed E-state index contributed by atoms with van der Waals surface area (Å²) in [5, 5.41) is 3.58. The van der Waals surface area contributed by atoms with E-state index in [-0.39, 0.29) is 6.10 Å². The normalized spacial score (nSPS) is 25.5. The number of aryl methyl sites for hydroxylation is 1. The lowest BCUT2D eigenvalue weighted by molar-refractivity contribution is 0.0663. The van der Waals surface area contributed by atoms with Crippen molar-refractivity contribution in [3.8, 4) is 0 Å². The molecular formula is C15H23NO. The lowest BCUT2D eigenvalue weighted by Gasteiger charge is -2.16. The minimum Gasteiger partial charge on any atom is -0.372 e. The van der Waals surface area contributed by atoms with Crippen LogP contribution in [0.15, 0.2) is 24.3 Å². The minimum absolute atomic E-state index is 0.220. The van der Waals surface area contributed by atoms with Crippen LogP contribution in [0.4, 0.5) is 0 Å². The SMILES string of the molecule is CCc1ccc(C2CNC(CC)CCO2)cc1. The molecule has 1 aromatic carbocycles. The van der Waals surface area contributed by atoms with Crippen molar-refractivity contribution in [3.05, 3.63) is 35.4 Å². The molecule has 2 nitrogen and oxygen atoms in total. The van der Waals surface area contributed by atoms with Crippen molar-refractivity contribution in [1.82, 2.24) is 5.32 Å². The molecule has 0 saturated carbocycles. The van der Waals surface area contributed by atoms with E-state index in [0.717, 1.165) is 26.0 Å². The van der Waals surface area contributed by atoms with Gasteiger partial charge in [-0.25, -0.2) is 0 Å². The first-order chi connectivity index (χ1) is 8.33. The number of hydrogen-bond acceptors (Lipinski definition) is 2. The second-order valence-corrected chi connectivity index (χ2v) is 4.76. The third-order valence-corrected chi connectivity index (χ3v) is 3.63. The molecule has 1 N–H and O–H groups in total. The van der Waals surface area contributed by atoms with Crippen LogP contribution in [0.25, 0.3) is 0 Å². The largest absolute Gasteiger partial charge is 0.372 e. The van der Waals surface area contributed by atoms with Crippen LogP contribution in [-0.4, -0.2) is 19.2 Å². The molecule has 0 amide bonds. The molecule has 17 heavy (non-hydrogen) atoms. The first-order valence-electron chi connectivity index (χ1n) is 6.77. The van der Waals surface area contributed by atoms with E-state index in [1.165, 1.54) is 17.5 Å². The van der Waals surface area contributed by atoms with Crippen molar-refractivity contribution in [2.75, 3.05) is 13.2 Å². The molecule has 0 aromatic heterocycles. The number of benzene rings is 1. The van der Waals surface area contributed by atoms with Crippen molar-refractivity contribution in [1.29, 1.82) is 0 Å². The van der Waals surface area contributed by atoms with E-state index >= 15 is 0 Å². The Morgan fingerprint density at radius 2 is 2.00 bits per heavy atom. The van der Waals surface area contributed by atoms with Crippen LogP contribution in [0.2, 0.25) is 0 Å². The highest BCUT2D eigenvalue weighted by atomic mass is 16.5. The van der Waals surface area contributed by atoms with Crippen molar-refractivity contribution < 1.29 is 4.74 Å². The Labute approximate surface area is 104 Å². The van der Waals surface area contributed by atoms with Gasteiger partial charge in [0.1, 0.15) is 0 Å². The summed E-state index contributed by atoms with van der Waals surface area (Å²) < 4.78 is 5.93. The van der Waals surface area contributed by atoms with E-state index in [0.29, 0.717) is 6.04 Å². The lowest BCUT2D eigenvalue weighted by Crippen LogP contribution is -2.29.